The van der Waals surface area contributed by atoms with Gasteiger partial charge in [-0.3, -0.25) is 14.4 Å². The molecule has 172 valence electrons. The molecule has 1 heterocycles. The third-order valence-electron chi connectivity index (χ3n) is 5.33. The van der Waals surface area contributed by atoms with Crippen LogP contribution in [0.2, 0.25) is 0 Å². The zero-order valence-corrected chi connectivity index (χ0v) is 18.9. The number of ketones is 1. The molecule has 4 rings (SSSR count). The number of amides is 1. The first-order valence-corrected chi connectivity index (χ1v) is 10.8. The molecule has 0 aliphatic rings. The number of pyridine rings is 1. The lowest BCUT2D eigenvalue weighted by atomic mass is 10.0. The van der Waals surface area contributed by atoms with Crippen molar-refractivity contribution in [3.05, 3.63) is 100 Å². The van der Waals surface area contributed by atoms with E-state index < -0.39 is 11.2 Å². The summed E-state index contributed by atoms with van der Waals surface area (Å²) in [7, 11) is 1.57. The highest BCUT2D eigenvalue weighted by Crippen LogP contribution is 2.21. The highest BCUT2D eigenvalue weighted by atomic mass is 16.5. The van der Waals surface area contributed by atoms with Crippen molar-refractivity contribution < 1.29 is 19.1 Å². The molecular formula is C27H24N2O5. The number of nitrogens with one attached hydrogen (secondary N) is 1. The SMILES string of the molecule is CCOc1ccc2c(c1)c(=O)c(C(=O)c1ccccc1)cn2CC(=O)Nc1ccc(OC)cc1. The van der Waals surface area contributed by atoms with E-state index in [9.17, 15) is 14.4 Å². The summed E-state index contributed by atoms with van der Waals surface area (Å²) in [5.74, 6) is 0.491. The predicted octanol–water partition coefficient (Wildman–Crippen LogP) is 4.28. The van der Waals surface area contributed by atoms with Gasteiger partial charge < -0.3 is 19.4 Å². The molecule has 1 N–H and O–H groups in total. The van der Waals surface area contributed by atoms with Crippen LogP contribution in [-0.4, -0.2) is 30.0 Å². The van der Waals surface area contributed by atoms with E-state index >= 15 is 0 Å². The first-order chi connectivity index (χ1) is 16.5. The lowest BCUT2D eigenvalue weighted by Gasteiger charge is -2.14. The van der Waals surface area contributed by atoms with Gasteiger partial charge in [0.15, 0.2) is 5.78 Å². The second-order valence-corrected chi connectivity index (χ2v) is 7.58. The number of nitrogens with zero attached hydrogens (tertiary/aromatic N) is 1. The van der Waals surface area contributed by atoms with Gasteiger partial charge in [-0.2, -0.15) is 0 Å². The molecule has 7 nitrogen and oxygen atoms in total. The van der Waals surface area contributed by atoms with E-state index in [1.807, 2.05) is 6.92 Å². The maximum Gasteiger partial charge on any atom is 0.244 e. The van der Waals surface area contributed by atoms with Crippen molar-refractivity contribution in [2.45, 2.75) is 13.5 Å². The Labute approximate surface area is 196 Å². The highest BCUT2D eigenvalue weighted by molar-refractivity contribution is 6.10. The quantitative estimate of drug-likeness (QED) is 0.400. The van der Waals surface area contributed by atoms with Gasteiger partial charge in [0.2, 0.25) is 11.3 Å². The van der Waals surface area contributed by atoms with Crippen LogP contribution in [0, 0.1) is 0 Å². The van der Waals surface area contributed by atoms with Crippen LogP contribution in [0.5, 0.6) is 11.5 Å². The number of hydrogen-bond donors (Lipinski definition) is 1. The molecule has 0 bridgehead atoms. The van der Waals surface area contributed by atoms with Crippen LogP contribution >= 0.6 is 0 Å². The number of ether oxygens (including phenoxy) is 2. The number of hydrogen-bond acceptors (Lipinski definition) is 5. The summed E-state index contributed by atoms with van der Waals surface area (Å²) in [6.45, 7) is 2.19. The number of methoxy groups -OCH3 is 1. The van der Waals surface area contributed by atoms with Crippen LogP contribution < -0.4 is 20.2 Å². The molecule has 4 aromatic rings. The molecule has 7 heteroatoms. The Morgan fingerprint density at radius 1 is 0.941 bits per heavy atom. The maximum absolute atomic E-state index is 13.3. The molecule has 34 heavy (non-hydrogen) atoms. The van der Waals surface area contributed by atoms with Crippen molar-refractivity contribution in [3.8, 4) is 11.5 Å². The highest BCUT2D eigenvalue weighted by Gasteiger charge is 2.19. The molecular weight excluding hydrogens is 432 g/mol. The van der Waals surface area contributed by atoms with Gasteiger partial charge >= 0.3 is 0 Å². The van der Waals surface area contributed by atoms with Crippen molar-refractivity contribution in [2.24, 2.45) is 0 Å². The molecule has 0 radical (unpaired) electrons. The molecule has 0 saturated heterocycles. The molecule has 3 aromatic carbocycles. The van der Waals surface area contributed by atoms with E-state index in [2.05, 4.69) is 5.32 Å². The topological polar surface area (TPSA) is 86.6 Å². The maximum atomic E-state index is 13.3. The van der Waals surface area contributed by atoms with Gasteiger partial charge in [-0.25, -0.2) is 0 Å². The molecule has 0 fully saturated rings. The summed E-state index contributed by atoms with van der Waals surface area (Å²) in [6, 6.07) is 20.6. The molecule has 0 atom stereocenters. The fourth-order valence-corrected chi connectivity index (χ4v) is 3.70. The molecule has 1 amide bonds. The summed E-state index contributed by atoms with van der Waals surface area (Å²) in [6.07, 6.45) is 1.45. The van der Waals surface area contributed by atoms with Crippen LogP contribution in [0.1, 0.15) is 22.8 Å². The monoisotopic (exact) mass is 456 g/mol. The first kappa shape index (κ1) is 22.8. The van der Waals surface area contributed by atoms with Crippen molar-refractivity contribution in [2.75, 3.05) is 19.0 Å². The molecule has 0 saturated carbocycles. The number of fused-ring (bicyclic) bond motifs is 1. The standard InChI is InChI=1S/C27H24N2O5/c1-3-34-21-13-14-24-22(15-21)27(32)23(26(31)18-7-5-4-6-8-18)16-29(24)17-25(30)28-19-9-11-20(33-2)12-10-19/h4-16H,3,17H2,1-2H3,(H,28,30). The zero-order valence-electron chi connectivity index (χ0n) is 18.9. The number of benzene rings is 3. The fraction of sp³-hybridized carbons (Fsp3) is 0.148. The van der Waals surface area contributed by atoms with Gasteiger partial charge in [0.25, 0.3) is 0 Å². The molecule has 0 unspecified atom stereocenters. The van der Waals surface area contributed by atoms with E-state index in [4.69, 9.17) is 9.47 Å². The van der Waals surface area contributed by atoms with Gasteiger partial charge in [-0.15, -0.1) is 0 Å². The van der Waals surface area contributed by atoms with Gasteiger partial charge in [0, 0.05) is 17.4 Å². The van der Waals surface area contributed by atoms with Crippen LogP contribution in [0.25, 0.3) is 10.9 Å². The van der Waals surface area contributed by atoms with Gasteiger partial charge in [-0.1, -0.05) is 30.3 Å². The number of anilines is 1. The predicted molar refractivity (Wildman–Crippen MR) is 131 cm³/mol. The Kier molecular flexibility index (Phi) is 6.73. The lowest BCUT2D eigenvalue weighted by Crippen LogP contribution is -2.24. The average Bonchev–Trinajstić information content (AvgIpc) is 2.86. The van der Waals surface area contributed by atoms with Crippen molar-refractivity contribution >= 4 is 28.3 Å². The van der Waals surface area contributed by atoms with Crippen LogP contribution in [0.15, 0.2) is 83.8 Å². The zero-order chi connectivity index (χ0) is 24.1. The third-order valence-corrected chi connectivity index (χ3v) is 5.33. The average molecular weight is 456 g/mol. The Hall–Kier alpha value is -4.39. The Balaban J connectivity index is 1.74. The molecule has 0 aliphatic heterocycles. The minimum atomic E-state index is -0.405. The lowest BCUT2D eigenvalue weighted by molar-refractivity contribution is -0.116. The summed E-state index contributed by atoms with van der Waals surface area (Å²) in [4.78, 5) is 39.3. The number of carbonyl (C=O) groups excluding carboxylic acids is 2. The molecule has 1 aromatic heterocycles. The van der Waals surface area contributed by atoms with Crippen molar-refractivity contribution in [1.29, 1.82) is 0 Å². The summed E-state index contributed by atoms with van der Waals surface area (Å²) < 4.78 is 12.3. The van der Waals surface area contributed by atoms with Gasteiger partial charge in [0.05, 0.1) is 30.2 Å². The Bertz CT molecular complexity index is 1390. The number of aromatic nitrogens is 1. The van der Waals surface area contributed by atoms with Crippen LogP contribution in [0.3, 0.4) is 0 Å². The summed E-state index contributed by atoms with van der Waals surface area (Å²) in [5, 5.41) is 3.14. The fourth-order valence-electron chi connectivity index (χ4n) is 3.70. The van der Waals surface area contributed by atoms with Gasteiger partial charge in [-0.05, 0) is 49.4 Å². The van der Waals surface area contributed by atoms with E-state index in [0.717, 1.165) is 0 Å². The second kappa shape index (κ2) is 10.0. The second-order valence-electron chi connectivity index (χ2n) is 7.58. The van der Waals surface area contributed by atoms with E-state index in [1.165, 1.54) is 6.20 Å². The summed E-state index contributed by atoms with van der Waals surface area (Å²) in [5.41, 5.74) is 1.12. The van der Waals surface area contributed by atoms with E-state index in [0.29, 0.717) is 40.3 Å². The van der Waals surface area contributed by atoms with Crippen LogP contribution in [-0.2, 0) is 11.3 Å². The van der Waals surface area contributed by atoms with Crippen LogP contribution in [0.4, 0.5) is 5.69 Å². The minimum absolute atomic E-state index is 0.00963. The minimum Gasteiger partial charge on any atom is -0.497 e. The van der Waals surface area contributed by atoms with E-state index in [1.54, 1.807) is 84.5 Å². The Morgan fingerprint density at radius 2 is 1.65 bits per heavy atom. The molecule has 0 aliphatic carbocycles. The smallest absolute Gasteiger partial charge is 0.244 e. The number of rotatable bonds is 8. The van der Waals surface area contributed by atoms with E-state index in [-0.39, 0.29) is 18.0 Å². The summed E-state index contributed by atoms with van der Waals surface area (Å²) >= 11 is 0. The first-order valence-electron chi connectivity index (χ1n) is 10.8. The van der Waals surface area contributed by atoms with Crippen molar-refractivity contribution in [3.63, 3.8) is 0 Å². The number of carbonyl (C=O) groups is 2. The normalized spacial score (nSPS) is 10.6. The van der Waals surface area contributed by atoms with Gasteiger partial charge in [0.1, 0.15) is 18.0 Å². The molecule has 0 spiro atoms. The Morgan fingerprint density at radius 3 is 2.32 bits per heavy atom. The van der Waals surface area contributed by atoms with Crippen molar-refractivity contribution in [1.82, 2.24) is 4.57 Å². The largest absolute Gasteiger partial charge is 0.497 e. The third kappa shape index (κ3) is 4.83.